The molecular weight excluding hydrogens is 346 g/mol. The number of benzene rings is 2. The first-order valence-corrected chi connectivity index (χ1v) is 8.23. The van der Waals surface area contributed by atoms with E-state index in [1.807, 2.05) is 0 Å². The zero-order chi connectivity index (χ0) is 17.1. The predicted molar refractivity (Wildman–Crippen MR) is 96.1 cm³/mol. The number of aromatic hydroxyl groups is 1. The van der Waals surface area contributed by atoms with Crippen LogP contribution in [0.5, 0.6) is 5.75 Å². The van der Waals surface area contributed by atoms with Crippen LogP contribution in [0.3, 0.4) is 0 Å². The summed E-state index contributed by atoms with van der Waals surface area (Å²) in [7, 11) is 0. The van der Waals surface area contributed by atoms with E-state index >= 15 is 0 Å². The number of carbonyl (C=O) groups is 1. The topological polar surface area (TPSA) is 70.2 Å². The minimum atomic E-state index is -0.272. The summed E-state index contributed by atoms with van der Waals surface area (Å²) >= 11 is 7.19. The molecule has 0 radical (unpaired) electrons. The van der Waals surface area contributed by atoms with Crippen molar-refractivity contribution in [1.29, 1.82) is 0 Å². The van der Waals surface area contributed by atoms with Crippen molar-refractivity contribution in [3.63, 3.8) is 0 Å². The van der Waals surface area contributed by atoms with Crippen LogP contribution >= 0.6 is 22.9 Å². The summed E-state index contributed by atoms with van der Waals surface area (Å²) in [5.74, 6) is -0.110. The Morgan fingerprint density at radius 2 is 1.83 bits per heavy atom. The second kappa shape index (κ2) is 6.86. The van der Waals surface area contributed by atoms with Gasteiger partial charge in [0.15, 0.2) is 5.78 Å². The largest absolute Gasteiger partial charge is 0.508 e. The lowest BCUT2D eigenvalue weighted by molar-refractivity contribution is 0.106. The number of rotatable bonds is 3. The molecule has 3 rings (SSSR count). The van der Waals surface area contributed by atoms with Crippen molar-refractivity contribution in [2.24, 2.45) is 0 Å². The van der Waals surface area contributed by atoms with Crippen LogP contribution in [-0.4, -0.2) is 15.9 Å². The number of halogens is 1. The fourth-order valence-electron chi connectivity index (χ4n) is 2.10. The van der Waals surface area contributed by atoms with Gasteiger partial charge in [0.1, 0.15) is 5.75 Å². The Hall–Kier alpha value is -2.63. The molecule has 1 heterocycles. The molecule has 120 valence electrons. The van der Waals surface area contributed by atoms with Crippen molar-refractivity contribution < 1.29 is 9.90 Å². The van der Waals surface area contributed by atoms with Crippen LogP contribution in [-0.2, 0) is 0 Å². The summed E-state index contributed by atoms with van der Waals surface area (Å²) in [6.45, 7) is 0. The maximum atomic E-state index is 12.3. The number of phenols is 1. The van der Waals surface area contributed by atoms with E-state index in [1.54, 1.807) is 54.6 Å². The van der Waals surface area contributed by atoms with Crippen molar-refractivity contribution in [1.82, 2.24) is 4.98 Å². The first kappa shape index (κ1) is 16.2. The lowest BCUT2D eigenvalue weighted by Gasteiger charge is -1.97. The minimum Gasteiger partial charge on any atom is -0.508 e. The van der Waals surface area contributed by atoms with Crippen molar-refractivity contribution in [2.45, 2.75) is 0 Å². The lowest BCUT2D eigenvalue weighted by Crippen LogP contribution is -2.20. The molecule has 0 saturated carbocycles. The summed E-state index contributed by atoms with van der Waals surface area (Å²) in [5, 5.41) is 9.65. The zero-order valence-corrected chi connectivity index (χ0v) is 13.9. The van der Waals surface area contributed by atoms with E-state index < -0.39 is 0 Å². The van der Waals surface area contributed by atoms with Gasteiger partial charge in [-0.1, -0.05) is 35.9 Å². The van der Waals surface area contributed by atoms with Crippen molar-refractivity contribution in [2.75, 3.05) is 0 Å². The van der Waals surface area contributed by atoms with Crippen molar-refractivity contribution in [3.8, 4) is 5.75 Å². The number of thiazole rings is 1. The second-order valence-electron chi connectivity index (χ2n) is 5.01. The molecule has 0 aliphatic rings. The number of ketones is 1. The molecule has 0 fully saturated rings. The van der Waals surface area contributed by atoms with Crippen LogP contribution < -0.4 is 14.8 Å². The predicted octanol–water partition coefficient (Wildman–Crippen LogP) is 2.29. The summed E-state index contributed by atoms with van der Waals surface area (Å²) in [6.07, 6.45) is 3.06. The van der Waals surface area contributed by atoms with Crippen molar-refractivity contribution >= 4 is 40.9 Å². The van der Waals surface area contributed by atoms with Gasteiger partial charge in [0.2, 0.25) is 0 Å². The van der Waals surface area contributed by atoms with Gasteiger partial charge < -0.3 is 10.1 Å². The average molecular weight is 358 g/mol. The Balaban J connectivity index is 2.00. The fourth-order valence-corrected chi connectivity index (χ4v) is 3.22. The Labute approximate surface area is 146 Å². The molecule has 0 aliphatic carbocycles. The number of Topliss-reactive ketones (excluding diaryl/α,β-unsaturated/α-hetero) is 1. The second-order valence-corrected chi connectivity index (χ2v) is 6.50. The van der Waals surface area contributed by atoms with Gasteiger partial charge in [0, 0.05) is 11.6 Å². The van der Waals surface area contributed by atoms with Gasteiger partial charge >= 0.3 is 0 Å². The maximum absolute atomic E-state index is 12.3. The van der Waals surface area contributed by atoms with Gasteiger partial charge in [-0.15, -0.1) is 11.3 Å². The van der Waals surface area contributed by atoms with Gasteiger partial charge in [0.25, 0.3) is 5.56 Å². The molecule has 0 bridgehead atoms. The van der Waals surface area contributed by atoms with Crippen LogP contribution in [0.2, 0.25) is 5.02 Å². The summed E-state index contributed by atoms with van der Waals surface area (Å²) < 4.78 is 0.925. The molecule has 0 spiro atoms. The highest BCUT2D eigenvalue weighted by Crippen LogP contribution is 2.15. The molecular formula is C18H12ClNO3S. The highest BCUT2D eigenvalue weighted by Gasteiger charge is 2.07. The Morgan fingerprint density at radius 1 is 1.12 bits per heavy atom. The molecule has 2 aromatic carbocycles. The number of carbonyl (C=O) groups excluding carboxylic acids is 1. The molecule has 24 heavy (non-hydrogen) atoms. The molecule has 0 amide bonds. The van der Waals surface area contributed by atoms with Crippen LogP contribution in [0, 0.1) is 0 Å². The molecule has 6 heteroatoms. The number of aromatic amines is 1. The van der Waals surface area contributed by atoms with Crippen LogP contribution in [0.1, 0.15) is 15.9 Å². The molecule has 3 aromatic rings. The number of phenolic OH excluding ortho intramolecular Hbond substituents is 1. The third-order valence-electron chi connectivity index (χ3n) is 3.27. The van der Waals surface area contributed by atoms with Gasteiger partial charge in [-0.05, 0) is 35.9 Å². The normalized spacial score (nSPS) is 12.5. The minimum absolute atomic E-state index is 0.159. The molecule has 4 nitrogen and oxygen atoms in total. The molecule has 0 atom stereocenters. The zero-order valence-electron chi connectivity index (χ0n) is 12.3. The fraction of sp³-hybridized carbons (Fsp3) is 0. The molecule has 1 aromatic heterocycles. The number of aromatic nitrogens is 1. The van der Waals surface area contributed by atoms with E-state index in [-0.39, 0.29) is 17.1 Å². The lowest BCUT2D eigenvalue weighted by atomic mass is 10.1. The van der Waals surface area contributed by atoms with Crippen molar-refractivity contribution in [3.05, 3.63) is 84.2 Å². The van der Waals surface area contributed by atoms with Crippen LogP contribution in [0.15, 0.2) is 53.3 Å². The average Bonchev–Trinajstić information content (AvgIpc) is 2.89. The third-order valence-corrected chi connectivity index (χ3v) is 4.57. The van der Waals surface area contributed by atoms with Crippen LogP contribution in [0.25, 0.3) is 12.2 Å². The highest BCUT2D eigenvalue weighted by molar-refractivity contribution is 7.07. The van der Waals surface area contributed by atoms with Gasteiger partial charge in [-0.3, -0.25) is 9.59 Å². The van der Waals surface area contributed by atoms with E-state index in [2.05, 4.69) is 4.98 Å². The van der Waals surface area contributed by atoms with E-state index in [0.717, 1.165) is 5.56 Å². The Bertz CT molecular complexity index is 1060. The number of H-pyrrole nitrogens is 1. The Kier molecular flexibility index (Phi) is 4.64. The molecule has 0 aliphatic heterocycles. The molecule has 2 N–H and O–H groups in total. The maximum Gasteiger partial charge on any atom is 0.266 e. The number of hydrogen-bond acceptors (Lipinski definition) is 4. The van der Waals surface area contributed by atoms with E-state index in [4.69, 9.17) is 11.6 Å². The Morgan fingerprint density at radius 3 is 2.54 bits per heavy atom. The first-order chi connectivity index (χ1) is 11.5. The van der Waals surface area contributed by atoms with E-state index in [0.29, 0.717) is 19.8 Å². The van der Waals surface area contributed by atoms with Gasteiger partial charge in [-0.2, -0.15) is 0 Å². The SMILES string of the molecule is O=C(/C=c1/[nH]c(=O)/c(=C/c2ccc(O)cc2)s1)c1ccccc1Cl. The smallest absolute Gasteiger partial charge is 0.266 e. The number of hydrogen-bond donors (Lipinski definition) is 2. The summed E-state index contributed by atoms with van der Waals surface area (Å²) in [6, 6.07) is 13.2. The number of nitrogens with one attached hydrogen (secondary N) is 1. The molecule has 0 unspecified atom stereocenters. The summed E-state index contributed by atoms with van der Waals surface area (Å²) in [5.41, 5.74) is 0.896. The van der Waals surface area contributed by atoms with Gasteiger partial charge in [-0.25, -0.2) is 0 Å². The van der Waals surface area contributed by atoms with Gasteiger partial charge in [0.05, 0.1) is 14.2 Å². The standard InChI is InChI=1S/C18H12ClNO3S/c19-14-4-2-1-3-13(14)15(22)10-17-20-18(23)16(24-17)9-11-5-7-12(21)8-6-11/h1-10,21H,(H,20,23)/b16-9-,17-10-. The summed E-state index contributed by atoms with van der Waals surface area (Å²) in [4.78, 5) is 26.9. The van der Waals surface area contributed by atoms with E-state index in [1.165, 1.54) is 17.4 Å². The van der Waals surface area contributed by atoms with E-state index in [9.17, 15) is 14.7 Å². The first-order valence-electron chi connectivity index (χ1n) is 7.03. The van der Waals surface area contributed by atoms with Crippen LogP contribution in [0.4, 0.5) is 0 Å². The third kappa shape index (κ3) is 3.64. The quantitative estimate of drug-likeness (QED) is 0.706. The monoisotopic (exact) mass is 357 g/mol. The molecule has 0 saturated heterocycles. The highest BCUT2D eigenvalue weighted by atomic mass is 35.5.